The largest absolute Gasteiger partial charge is 0.510 e. The molecule has 0 saturated carbocycles. The van der Waals surface area contributed by atoms with Crippen LogP contribution in [0.15, 0.2) is 48.2 Å². The van der Waals surface area contributed by atoms with E-state index in [1.165, 1.54) is 25.1 Å². The quantitative estimate of drug-likeness (QED) is 0.237. The lowest BCUT2D eigenvalue weighted by Crippen LogP contribution is -2.51. The molecule has 2 aromatic rings. The number of methoxy groups -OCH3 is 1. The van der Waals surface area contributed by atoms with Crippen molar-refractivity contribution in [2.75, 3.05) is 7.11 Å². The lowest BCUT2D eigenvalue weighted by atomic mass is 9.78. The number of aromatic hydroxyl groups is 1. The van der Waals surface area contributed by atoms with E-state index in [4.69, 9.17) is 4.74 Å². The van der Waals surface area contributed by atoms with Gasteiger partial charge in [0.25, 0.3) is 5.56 Å². The Kier molecular flexibility index (Phi) is 5.05. The van der Waals surface area contributed by atoms with Crippen LogP contribution in [0.3, 0.4) is 0 Å². The number of phenolic OH excluding ortho intramolecular Hbond substituents is 1. The molecular formula is C29H19NO10. The second kappa shape index (κ2) is 8.09. The highest BCUT2D eigenvalue weighted by molar-refractivity contribution is 5.96. The number of benzene rings is 1. The second-order valence-electron chi connectivity index (χ2n) is 9.89. The molecule has 0 bridgehead atoms. The molecule has 40 heavy (non-hydrogen) atoms. The Labute approximate surface area is 221 Å². The molecule has 4 N–H and O–H groups in total. The minimum absolute atomic E-state index is 0.0751. The number of aliphatic hydroxyl groups is 2. The number of carbonyl (C=O) groups is 1. The number of rotatable bonds is 3. The fourth-order valence-corrected chi connectivity index (χ4v) is 6.06. The van der Waals surface area contributed by atoms with E-state index >= 15 is 0 Å². The van der Waals surface area contributed by atoms with Gasteiger partial charge >= 0.3 is 0 Å². The molecule has 1 spiro atoms. The number of ketones is 1. The van der Waals surface area contributed by atoms with E-state index in [1.54, 1.807) is 6.07 Å². The summed E-state index contributed by atoms with van der Waals surface area (Å²) in [6.45, 7) is 1.34. The molecule has 1 heterocycles. The monoisotopic (exact) mass is 541 g/mol. The van der Waals surface area contributed by atoms with E-state index in [0.717, 1.165) is 13.2 Å². The van der Waals surface area contributed by atoms with Crippen molar-refractivity contribution in [3.05, 3.63) is 113 Å². The van der Waals surface area contributed by atoms with Crippen molar-refractivity contribution in [3.63, 3.8) is 0 Å². The number of fused-ring (bicyclic) bond motifs is 4. The lowest BCUT2D eigenvalue weighted by Gasteiger charge is -2.27. The van der Waals surface area contributed by atoms with Crippen molar-refractivity contribution in [2.24, 2.45) is 0 Å². The van der Waals surface area contributed by atoms with Crippen LogP contribution in [0.1, 0.15) is 30.2 Å². The third-order valence-electron chi connectivity index (χ3n) is 7.77. The van der Waals surface area contributed by atoms with Gasteiger partial charge in [0.2, 0.25) is 16.3 Å². The summed E-state index contributed by atoms with van der Waals surface area (Å²) in [5.74, 6) is -2.82. The molecule has 0 aliphatic heterocycles. The summed E-state index contributed by atoms with van der Waals surface area (Å²) in [6, 6.07) is 3.89. The number of carbonyl (C=O) groups excluding carboxylic acids is 1. The summed E-state index contributed by atoms with van der Waals surface area (Å²) in [4.78, 5) is 79.4. The van der Waals surface area contributed by atoms with E-state index in [1.807, 2.05) is 0 Å². The number of allylic oxidation sites excluding steroid dienone is 1. The summed E-state index contributed by atoms with van der Waals surface area (Å²) in [6.07, 6.45) is 2.72. The number of nitrogens with one attached hydrogen (secondary N) is 1. The van der Waals surface area contributed by atoms with Gasteiger partial charge in [-0.15, -0.1) is 0 Å². The molecule has 0 unspecified atom stereocenters. The van der Waals surface area contributed by atoms with E-state index in [0.29, 0.717) is 16.6 Å². The highest BCUT2D eigenvalue weighted by Crippen LogP contribution is 2.54. The first-order chi connectivity index (χ1) is 18.9. The Morgan fingerprint density at radius 1 is 0.925 bits per heavy atom. The van der Waals surface area contributed by atoms with Crippen molar-refractivity contribution >= 4 is 34.2 Å². The average Bonchev–Trinajstić information content (AvgIpc) is 3.39. The number of aryl methyl sites for hydroxylation is 1. The molecule has 1 aromatic carbocycles. The number of aromatic nitrogens is 1. The predicted molar refractivity (Wildman–Crippen MR) is 143 cm³/mol. The minimum atomic E-state index is -1.97. The van der Waals surface area contributed by atoms with Gasteiger partial charge in [-0.05, 0) is 48.9 Å². The second-order valence-corrected chi connectivity index (χ2v) is 9.89. The minimum Gasteiger partial charge on any atom is -0.510 e. The first-order valence-electron chi connectivity index (χ1n) is 12.1. The maximum atomic E-state index is 13.5. The zero-order valence-electron chi connectivity index (χ0n) is 21.0. The van der Waals surface area contributed by atoms with Gasteiger partial charge in [0.1, 0.15) is 22.7 Å². The van der Waals surface area contributed by atoms with Crippen LogP contribution in [0.2, 0.25) is 0 Å². The van der Waals surface area contributed by atoms with Crippen molar-refractivity contribution in [3.8, 4) is 11.5 Å². The SMILES string of the molecule is COc1cc(=O)c2c(=O)c3c(c(=O)c=2c1=O)=C(O)[C@]1(CCc2cc4cc(/C=C/C(C)=O)[nH]c(=O)c4c(O)c21)C=3O. The number of hydrogen-bond donors (Lipinski definition) is 4. The van der Waals surface area contributed by atoms with Crippen LogP contribution in [0.4, 0.5) is 0 Å². The summed E-state index contributed by atoms with van der Waals surface area (Å²) in [5.41, 5.74) is -6.30. The molecule has 11 nitrogen and oxygen atoms in total. The van der Waals surface area contributed by atoms with Gasteiger partial charge in [-0.25, -0.2) is 0 Å². The molecule has 4 aliphatic carbocycles. The van der Waals surface area contributed by atoms with Crippen LogP contribution in [-0.2, 0) is 16.6 Å². The molecule has 1 atom stereocenters. The molecule has 0 amide bonds. The van der Waals surface area contributed by atoms with Crippen LogP contribution >= 0.6 is 0 Å². The Morgan fingerprint density at radius 2 is 1.57 bits per heavy atom. The van der Waals surface area contributed by atoms with Gasteiger partial charge < -0.3 is 25.0 Å². The maximum Gasteiger partial charge on any atom is 0.260 e. The van der Waals surface area contributed by atoms with Crippen LogP contribution in [0.5, 0.6) is 11.5 Å². The summed E-state index contributed by atoms with van der Waals surface area (Å²) in [5, 5.41) is 31.6. The Balaban J connectivity index is 1.75. The lowest BCUT2D eigenvalue weighted by molar-refractivity contribution is -0.112. The van der Waals surface area contributed by atoms with Crippen molar-refractivity contribution in [2.45, 2.75) is 25.2 Å². The van der Waals surface area contributed by atoms with Crippen LogP contribution in [0.25, 0.3) is 28.4 Å². The standard InChI is InChI=1S/C29H19NO10/c1-10(31)3-4-13-8-12-7-11-5-6-29(21(11)25(36)16(12)28(39)30-13)26(37)19-20(27(29)38)24(35)18-17(23(19)34)14(32)9-15(40-2)22(18)33/h3-4,7-9,36-38H,5-6H2,1-2H3,(H,30,39)/b4-3+/t29-/m0/s1. The van der Waals surface area contributed by atoms with Crippen LogP contribution in [-0.4, -0.2) is 33.2 Å². The Morgan fingerprint density at radius 3 is 2.20 bits per heavy atom. The van der Waals surface area contributed by atoms with Gasteiger partial charge in [0.15, 0.2) is 17.0 Å². The number of phenols is 1. The molecular weight excluding hydrogens is 522 g/mol. The number of pyridine rings is 1. The topological polar surface area (TPSA) is 188 Å². The average molecular weight is 541 g/mol. The van der Waals surface area contributed by atoms with E-state index in [2.05, 4.69) is 4.98 Å². The molecule has 11 heteroatoms. The first kappa shape index (κ1) is 25.0. The predicted octanol–water partition coefficient (Wildman–Crippen LogP) is -0.884. The molecule has 200 valence electrons. The fourth-order valence-electron chi connectivity index (χ4n) is 6.06. The molecule has 0 radical (unpaired) electrons. The molecule has 0 saturated heterocycles. The van der Waals surface area contributed by atoms with E-state index in [-0.39, 0.29) is 29.6 Å². The molecule has 4 aliphatic rings. The van der Waals surface area contributed by atoms with Gasteiger partial charge in [0.05, 0.1) is 33.4 Å². The zero-order chi connectivity index (χ0) is 28.8. The summed E-state index contributed by atoms with van der Waals surface area (Å²) >= 11 is 0. The highest BCUT2D eigenvalue weighted by Gasteiger charge is 2.53. The normalized spacial score (nSPS) is 17.9. The van der Waals surface area contributed by atoms with Gasteiger partial charge in [0, 0.05) is 17.3 Å². The van der Waals surface area contributed by atoms with Gasteiger partial charge in [-0.3, -0.25) is 28.8 Å². The van der Waals surface area contributed by atoms with Crippen LogP contribution < -0.4 is 42.4 Å². The Hall–Kier alpha value is -5.32. The Bertz CT molecular complexity index is 2380. The third kappa shape index (κ3) is 2.94. The van der Waals surface area contributed by atoms with E-state index in [9.17, 15) is 44.1 Å². The summed E-state index contributed by atoms with van der Waals surface area (Å²) < 4.78 is 4.88. The summed E-state index contributed by atoms with van der Waals surface area (Å²) in [7, 11) is 1.11. The van der Waals surface area contributed by atoms with E-state index < -0.39 is 76.6 Å². The fraction of sp³-hybridized carbons (Fsp3) is 0.172. The number of aliphatic hydroxyl groups excluding tert-OH is 2. The maximum absolute atomic E-state index is 13.5. The number of ether oxygens (including phenoxy) is 1. The van der Waals surface area contributed by atoms with Gasteiger partial charge in [-0.2, -0.15) is 0 Å². The van der Waals surface area contributed by atoms with Gasteiger partial charge in [-0.1, -0.05) is 6.07 Å². The molecule has 0 fully saturated rings. The van der Waals surface area contributed by atoms with Crippen LogP contribution in [0, 0.1) is 10.4 Å². The smallest absolute Gasteiger partial charge is 0.260 e. The zero-order valence-corrected chi connectivity index (χ0v) is 21.0. The number of H-pyrrole nitrogens is 1. The van der Waals surface area contributed by atoms with Crippen molar-refractivity contribution in [1.82, 2.24) is 4.98 Å². The number of aromatic amines is 1. The molecule has 6 rings (SSSR count). The third-order valence-corrected chi connectivity index (χ3v) is 7.77. The molecule has 1 aromatic heterocycles. The van der Waals surface area contributed by atoms with Crippen molar-refractivity contribution < 1.29 is 24.9 Å². The van der Waals surface area contributed by atoms with Crippen molar-refractivity contribution in [1.29, 1.82) is 0 Å². The first-order valence-corrected chi connectivity index (χ1v) is 12.1. The number of hydrogen-bond acceptors (Lipinski definition) is 10. The highest BCUT2D eigenvalue weighted by atomic mass is 16.5.